The summed E-state index contributed by atoms with van der Waals surface area (Å²) >= 11 is 0. The molecule has 1 amide bonds. The molecule has 0 saturated carbocycles. The van der Waals surface area contributed by atoms with Crippen molar-refractivity contribution in [3.05, 3.63) is 48.0 Å². The van der Waals surface area contributed by atoms with E-state index < -0.39 is 0 Å². The monoisotopic (exact) mass is 269 g/mol. The van der Waals surface area contributed by atoms with E-state index in [2.05, 4.69) is 23.3 Å². The zero-order chi connectivity index (χ0) is 13.9. The summed E-state index contributed by atoms with van der Waals surface area (Å²) in [6, 6.07) is 7.87. The first-order valence-corrected chi connectivity index (χ1v) is 7.20. The molecular weight excluding hydrogens is 250 g/mol. The summed E-state index contributed by atoms with van der Waals surface area (Å²) in [6.45, 7) is 2.13. The number of carbonyl (C=O) groups excluding carboxylic acids is 1. The summed E-state index contributed by atoms with van der Waals surface area (Å²) in [6.07, 6.45) is 7.37. The molecule has 1 unspecified atom stereocenters. The number of hydrogen-bond acceptors (Lipinski definition) is 2. The molecule has 1 aromatic heterocycles. The molecule has 4 nitrogen and oxygen atoms in total. The van der Waals surface area contributed by atoms with E-state index in [0.29, 0.717) is 0 Å². The van der Waals surface area contributed by atoms with Crippen LogP contribution < -0.4 is 5.32 Å². The molecule has 3 rings (SSSR count). The van der Waals surface area contributed by atoms with Gasteiger partial charge < -0.3 is 9.88 Å². The summed E-state index contributed by atoms with van der Waals surface area (Å²) in [5.41, 5.74) is 2.15. The number of anilines is 1. The van der Waals surface area contributed by atoms with Crippen LogP contribution >= 0.6 is 0 Å². The maximum Gasteiger partial charge on any atom is 0.247 e. The maximum absolute atomic E-state index is 12.5. The van der Waals surface area contributed by atoms with Crippen molar-refractivity contribution in [2.45, 2.75) is 38.6 Å². The van der Waals surface area contributed by atoms with Crippen molar-refractivity contribution in [1.82, 2.24) is 9.55 Å². The van der Waals surface area contributed by atoms with Crippen LogP contribution in [-0.4, -0.2) is 15.5 Å². The van der Waals surface area contributed by atoms with Crippen LogP contribution in [0.4, 0.5) is 5.69 Å². The molecule has 0 bridgehead atoms. The number of para-hydroxylation sites is 1. The highest BCUT2D eigenvalue weighted by molar-refractivity contribution is 5.95. The van der Waals surface area contributed by atoms with E-state index in [1.54, 1.807) is 6.20 Å². The lowest BCUT2D eigenvalue weighted by Crippen LogP contribution is -2.25. The molecule has 0 fully saturated rings. The van der Waals surface area contributed by atoms with Crippen LogP contribution in [0.25, 0.3) is 0 Å². The van der Waals surface area contributed by atoms with Gasteiger partial charge in [0.25, 0.3) is 0 Å². The Morgan fingerprint density at radius 3 is 3.10 bits per heavy atom. The lowest BCUT2D eigenvalue weighted by Gasteiger charge is -2.17. The molecular formula is C16H19N3O. The molecule has 1 N–H and O–H groups in total. The fourth-order valence-electron chi connectivity index (χ4n) is 2.81. The number of nitrogens with zero attached hydrogens (tertiary/aromatic N) is 2. The van der Waals surface area contributed by atoms with E-state index in [4.69, 9.17) is 0 Å². The van der Waals surface area contributed by atoms with Gasteiger partial charge >= 0.3 is 0 Å². The molecule has 4 heteroatoms. The van der Waals surface area contributed by atoms with Gasteiger partial charge in [-0.25, -0.2) is 4.98 Å². The summed E-state index contributed by atoms with van der Waals surface area (Å²) in [5.74, 6) is 1.06. The summed E-state index contributed by atoms with van der Waals surface area (Å²) in [4.78, 5) is 16.9. The first-order valence-electron chi connectivity index (χ1n) is 7.20. The number of fused-ring (bicyclic) bond motifs is 1. The lowest BCUT2D eigenvalue weighted by molar-refractivity contribution is -0.119. The third-order valence-electron chi connectivity index (χ3n) is 3.82. The molecule has 1 atom stereocenters. The van der Waals surface area contributed by atoms with Crippen molar-refractivity contribution in [1.29, 1.82) is 0 Å². The number of nitrogens with one attached hydrogen (secondary N) is 1. The van der Waals surface area contributed by atoms with Crippen LogP contribution in [-0.2, 0) is 17.6 Å². The Kier molecular flexibility index (Phi) is 3.54. The van der Waals surface area contributed by atoms with Gasteiger partial charge in [0, 0.05) is 24.5 Å². The molecule has 2 heterocycles. The predicted molar refractivity (Wildman–Crippen MR) is 78.7 cm³/mol. The minimum Gasteiger partial charge on any atom is -0.324 e. The minimum absolute atomic E-state index is 0.0605. The number of carbonyl (C=O) groups is 1. The molecule has 0 radical (unpaired) electrons. The van der Waals surface area contributed by atoms with Crippen LogP contribution in [0.3, 0.4) is 0 Å². The molecule has 1 aliphatic rings. The predicted octanol–water partition coefficient (Wildman–Crippen LogP) is 2.96. The highest BCUT2D eigenvalue weighted by atomic mass is 16.2. The zero-order valence-corrected chi connectivity index (χ0v) is 11.7. The quantitative estimate of drug-likeness (QED) is 0.931. The maximum atomic E-state index is 12.5. The van der Waals surface area contributed by atoms with Crippen molar-refractivity contribution in [2.24, 2.45) is 0 Å². The van der Waals surface area contributed by atoms with Gasteiger partial charge in [0.15, 0.2) is 0 Å². The number of aromatic nitrogens is 2. The molecule has 0 spiro atoms. The average molecular weight is 269 g/mol. The van der Waals surface area contributed by atoms with Crippen molar-refractivity contribution < 1.29 is 4.79 Å². The highest BCUT2D eigenvalue weighted by Gasteiger charge is 2.26. The topological polar surface area (TPSA) is 46.9 Å². The molecule has 20 heavy (non-hydrogen) atoms. The van der Waals surface area contributed by atoms with Gasteiger partial charge in [-0.2, -0.15) is 0 Å². The second kappa shape index (κ2) is 5.49. The third-order valence-corrected chi connectivity index (χ3v) is 3.82. The number of amides is 1. The Hall–Kier alpha value is -2.10. The van der Waals surface area contributed by atoms with Gasteiger partial charge in [0.2, 0.25) is 5.91 Å². The van der Waals surface area contributed by atoms with Gasteiger partial charge in [-0.05, 0) is 30.9 Å². The van der Waals surface area contributed by atoms with E-state index in [0.717, 1.165) is 37.2 Å². The van der Waals surface area contributed by atoms with Gasteiger partial charge in [-0.15, -0.1) is 0 Å². The van der Waals surface area contributed by atoms with Gasteiger partial charge in [0.05, 0.1) is 0 Å². The van der Waals surface area contributed by atoms with Crippen LogP contribution in [0.5, 0.6) is 0 Å². The van der Waals surface area contributed by atoms with E-state index >= 15 is 0 Å². The third kappa shape index (κ3) is 2.33. The largest absolute Gasteiger partial charge is 0.324 e. The standard InChI is InChI=1S/C16H19N3O/c1-2-5-15-17-10-11-19(15)14-9-8-12-6-3-4-7-13(12)18-16(14)20/h3-4,6-7,10-11,14H,2,5,8-9H2,1H3,(H,18,20). The van der Waals surface area contributed by atoms with E-state index in [1.165, 1.54) is 5.56 Å². The number of rotatable bonds is 3. The fourth-order valence-corrected chi connectivity index (χ4v) is 2.81. The normalized spacial score (nSPS) is 18.2. The Bertz CT molecular complexity index is 618. The van der Waals surface area contributed by atoms with Crippen LogP contribution in [0.2, 0.25) is 0 Å². The molecule has 1 aromatic carbocycles. The number of benzene rings is 1. The SMILES string of the molecule is CCCc1nccn1C1CCc2ccccc2NC1=O. The second-order valence-electron chi connectivity index (χ2n) is 5.20. The van der Waals surface area contributed by atoms with Crippen LogP contribution in [0.1, 0.15) is 37.2 Å². The Balaban J connectivity index is 1.89. The van der Waals surface area contributed by atoms with Crippen LogP contribution in [0, 0.1) is 0 Å². The minimum atomic E-state index is -0.161. The smallest absolute Gasteiger partial charge is 0.247 e. The fraction of sp³-hybridized carbons (Fsp3) is 0.375. The number of imidazole rings is 1. The highest BCUT2D eigenvalue weighted by Crippen LogP contribution is 2.27. The molecule has 0 saturated heterocycles. The Labute approximate surface area is 118 Å². The molecule has 1 aliphatic heterocycles. The van der Waals surface area contributed by atoms with Crippen molar-refractivity contribution in [3.63, 3.8) is 0 Å². The van der Waals surface area contributed by atoms with Crippen LogP contribution in [0.15, 0.2) is 36.7 Å². The molecule has 0 aliphatic carbocycles. The molecule has 104 valence electrons. The summed E-state index contributed by atoms with van der Waals surface area (Å²) in [5, 5.41) is 3.04. The summed E-state index contributed by atoms with van der Waals surface area (Å²) in [7, 11) is 0. The molecule has 2 aromatic rings. The van der Waals surface area contributed by atoms with Gasteiger partial charge in [-0.1, -0.05) is 25.1 Å². The van der Waals surface area contributed by atoms with Crippen molar-refractivity contribution in [3.8, 4) is 0 Å². The van der Waals surface area contributed by atoms with E-state index in [9.17, 15) is 4.79 Å². The lowest BCUT2D eigenvalue weighted by atomic mass is 10.1. The summed E-state index contributed by atoms with van der Waals surface area (Å²) < 4.78 is 2.03. The van der Waals surface area contributed by atoms with Gasteiger partial charge in [0.1, 0.15) is 11.9 Å². The average Bonchev–Trinajstić information content (AvgIpc) is 2.82. The van der Waals surface area contributed by atoms with E-state index in [1.807, 2.05) is 29.0 Å². The van der Waals surface area contributed by atoms with Crippen molar-refractivity contribution >= 4 is 11.6 Å². The first-order chi connectivity index (χ1) is 9.79. The Morgan fingerprint density at radius 1 is 1.40 bits per heavy atom. The number of hydrogen-bond donors (Lipinski definition) is 1. The van der Waals surface area contributed by atoms with Crippen molar-refractivity contribution in [2.75, 3.05) is 5.32 Å². The number of aryl methyl sites for hydroxylation is 2. The van der Waals surface area contributed by atoms with E-state index in [-0.39, 0.29) is 11.9 Å². The first kappa shape index (κ1) is 12.9. The zero-order valence-electron chi connectivity index (χ0n) is 11.7. The second-order valence-corrected chi connectivity index (χ2v) is 5.20. The van der Waals surface area contributed by atoms with Gasteiger partial charge in [-0.3, -0.25) is 4.79 Å². The Morgan fingerprint density at radius 2 is 2.25 bits per heavy atom.